The highest BCUT2D eigenvalue weighted by molar-refractivity contribution is 5.70. The normalized spacial score (nSPS) is 15.5. The van der Waals surface area contributed by atoms with Crippen LogP contribution in [0.3, 0.4) is 0 Å². The zero-order valence-corrected chi connectivity index (χ0v) is 15.0. The monoisotopic (exact) mass is 375 g/mol. The molecule has 8 heteroatoms. The smallest absolute Gasteiger partial charge is 0.244 e. The van der Waals surface area contributed by atoms with Crippen LogP contribution in [0.5, 0.6) is 17.4 Å². The molecule has 0 amide bonds. The van der Waals surface area contributed by atoms with Crippen molar-refractivity contribution in [3.63, 3.8) is 0 Å². The van der Waals surface area contributed by atoms with E-state index in [-0.39, 0.29) is 17.2 Å². The molecule has 0 bridgehead atoms. The number of nitrogens with two attached hydrogens (primary N) is 1. The Morgan fingerprint density at radius 3 is 2.96 bits per heavy atom. The number of hydrogen-bond acceptors (Lipinski definition) is 7. The number of fused-ring (bicyclic) bond motifs is 1. The Labute approximate surface area is 160 Å². The highest BCUT2D eigenvalue weighted by Gasteiger charge is 2.36. The van der Waals surface area contributed by atoms with Gasteiger partial charge in [0, 0.05) is 18.0 Å². The average molecular weight is 375 g/mol. The lowest BCUT2D eigenvalue weighted by Gasteiger charge is -2.24. The summed E-state index contributed by atoms with van der Waals surface area (Å²) in [6.07, 6.45) is 3.37. The number of nitrogens with one attached hydrogen (secondary N) is 1. The standard InChI is InChI=1S/C20H17N5O3/c1-2-27-15-8-11(5-6-14(15)26)16-13(9-21)19(22)28-20-17(16)18(24-25-20)12-4-3-7-23-10-12/h3-8,10,16,26H,2,22H2,1H3,(H,24,25)/t16-/m0/s1. The Hall–Kier alpha value is -3.99. The molecule has 0 aliphatic carbocycles. The number of benzene rings is 1. The summed E-state index contributed by atoms with van der Waals surface area (Å²) in [7, 11) is 0. The summed E-state index contributed by atoms with van der Waals surface area (Å²) in [5.74, 6) is 0.104. The van der Waals surface area contributed by atoms with E-state index in [9.17, 15) is 10.4 Å². The van der Waals surface area contributed by atoms with Crippen molar-refractivity contribution >= 4 is 0 Å². The highest BCUT2D eigenvalue weighted by Crippen LogP contribution is 2.46. The lowest BCUT2D eigenvalue weighted by molar-refractivity contribution is 0.317. The quantitative estimate of drug-likeness (QED) is 0.639. The molecule has 0 saturated heterocycles. The van der Waals surface area contributed by atoms with Crippen LogP contribution in [0.2, 0.25) is 0 Å². The maximum absolute atomic E-state index is 10.0. The molecule has 28 heavy (non-hydrogen) atoms. The number of allylic oxidation sites excluding steroid dienone is 1. The first kappa shape index (κ1) is 17.4. The van der Waals surface area contributed by atoms with E-state index >= 15 is 0 Å². The van der Waals surface area contributed by atoms with Gasteiger partial charge >= 0.3 is 0 Å². The van der Waals surface area contributed by atoms with Crippen molar-refractivity contribution in [2.45, 2.75) is 12.8 Å². The van der Waals surface area contributed by atoms with Gasteiger partial charge in [0.2, 0.25) is 11.8 Å². The molecule has 4 N–H and O–H groups in total. The predicted octanol–water partition coefficient (Wildman–Crippen LogP) is 2.79. The van der Waals surface area contributed by atoms with Crippen molar-refractivity contribution < 1.29 is 14.6 Å². The summed E-state index contributed by atoms with van der Waals surface area (Å²) in [6, 6.07) is 10.8. The van der Waals surface area contributed by atoms with Crippen LogP contribution in [0.1, 0.15) is 24.0 Å². The van der Waals surface area contributed by atoms with Crippen LogP contribution in [0.25, 0.3) is 11.3 Å². The Bertz CT molecular complexity index is 1100. The third-order valence-electron chi connectivity index (χ3n) is 4.51. The van der Waals surface area contributed by atoms with Crippen molar-refractivity contribution in [3.05, 3.63) is 65.3 Å². The van der Waals surface area contributed by atoms with Gasteiger partial charge < -0.3 is 20.3 Å². The molecule has 1 aliphatic rings. The molecule has 3 aromatic rings. The number of aromatic hydroxyl groups is 1. The van der Waals surface area contributed by atoms with Crippen molar-refractivity contribution in [1.82, 2.24) is 15.2 Å². The van der Waals surface area contributed by atoms with E-state index in [1.165, 1.54) is 6.07 Å². The second-order valence-electron chi connectivity index (χ2n) is 6.14. The van der Waals surface area contributed by atoms with Gasteiger partial charge in [-0.3, -0.25) is 10.1 Å². The van der Waals surface area contributed by atoms with Crippen LogP contribution < -0.4 is 15.2 Å². The van der Waals surface area contributed by atoms with E-state index in [1.807, 2.05) is 19.1 Å². The molecule has 4 rings (SSSR count). The molecule has 3 heterocycles. The largest absolute Gasteiger partial charge is 0.504 e. The molecule has 0 unspecified atom stereocenters. The molecular formula is C20H17N5O3. The molecule has 0 fully saturated rings. The van der Waals surface area contributed by atoms with Crippen LogP contribution in [0.15, 0.2) is 54.2 Å². The Morgan fingerprint density at radius 2 is 2.25 bits per heavy atom. The van der Waals surface area contributed by atoms with E-state index in [2.05, 4.69) is 21.3 Å². The fraction of sp³-hybridized carbons (Fsp3) is 0.150. The van der Waals surface area contributed by atoms with Crippen LogP contribution in [0, 0.1) is 11.3 Å². The minimum absolute atomic E-state index is 0.00438. The molecule has 1 aromatic carbocycles. The topological polar surface area (TPSA) is 130 Å². The molecule has 1 atom stereocenters. The number of hydrogen-bond donors (Lipinski definition) is 3. The SMILES string of the molecule is CCOc1cc([C@H]2C(C#N)=C(N)Oc3n[nH]c(-c4cccnc4)c32)ccc1O. The predicted molar refractivity (Wildman–Crippen MR) is 100 cm³/mol. The van der Waals surface area contributed by atoms with Gasteiger partial charge in [0.15, 0.2) is 11.5 Å². The van der Waals surface area contributed by atoms with Crippen molar-refractivity contribution in [2.24, 2.45) is 5.73 Å². The van der Waals surface area contributed by atoms with E-state index in [4.69, 9.17) is 15.2 Å². The number of pyridine rings is 1. The number of ether oxygens (including phenoxy) is 2. The van der Waals surface area contributed by atoms with Gasteiger partial charge in [0.25, 0.3) is 0 Å². The van der Waals surface area contributed by atoms with Crippen molar-refractivity contribution in [1.29, 1.82) is 5.26 Å². The van der Waals surface area contributed by atoms with Crippen LogP contribution in [-0.4, -0.2) is 26.9 Å². The van der Waals surface area contributed by atoms with Crippen LogP contribution >= 0.6 is 0 Å². The minimum Gasteiger partial charge on any atom is -0.504 e. The van der Waals surface area contributed by atoms with Gasteiger partial charge in [-0.1, -0.05) is 6.07 Å². The number of phenols is 1. The van der Waals surface area contributed by atoms with Crippen molar-refractivity contribution in [3.8, 4) is 34.7 Å². The van der Waals surface area contributed by atoms with Crippen molar-refractivity contribution in [2.75, 3.05) is 6.61 Å². The fourth-order valence-corrected chi connectivity index (χ4v) is 3.29. The zero-order valence-electron chi connectivity index (χ0n) is 15.0. The number of phenolic OH excluding ortho intramolecular Hbond substituents is 1. The second kappa shape index (κ2) is 6.96. The fourth-order valence-electron chi connectivity index (χ4n) is 3.29. The first-order valence-electron chi connectivity index (χ1n) is 8.66. The number of rotatable bonds is 4. The zero-order chi connectivity index (χ0) is 19.7. The summed E-state index contributed by atoms with van der Waals surface area (Å²) < 4.78 is 11.1. The van der Waals surface area contributed by atoms with Gasteiger partial charge in [-0.05, 0) is 36.8 Å². The maximum Gasteiger partial charge on any atom is 0.244 e. The molecule has 2 aromatic heterocycles. The van der Waals surface area contributed by atoms with Gasteiger partial charge in [-0.15, -0.1) is 5.10 Å². The molecule has 0 radical (unpaired) electrons. The molecule has 8 nitrogen and oxygen atoms in total. The summed E-state index contributed by atoms with van der Waals surface area (Å²) in [5, 5.41) is 27.0. The summed E-state index contributed by atoms with van der Waals surface area (Å²) in [6.45, 7) is 2.22. The Kier molecular flexibility index (Phi) is 4.33. The number of H-pyrrole nitrogens is 1. The van der Waals surface area contributed by atoms with Crippen LogP contribution in [-0.2, 0) is 0 Å². The summed E-state index contributed by atoms with van der Waals surface area (Å²) >= 11 is 0. The molecular weight excluding hydrogens is 358 g/mol. The van der Waals surface area contributed by atoms with Gasteiger partial charge in [0.05, 0.1) is 23.8 Å². The first-order valence-corrected chi connectivity index (χ1v) is 8.66. The lowest BCUT2D eigenvalue weighted by Crippen LogP contribution is -2.21. The van der Waals surface area contributed by atoms with Crippen LogP contribution in [0.4, 0.5) is 0 Å². The molecule has 140 valence electrons. The lowest BCUT2D eigenvalue weighted by atomic mass is 9.83. The van der Waals surface area contributed by atoms with E-state index in [0.29, 0.717) is 29.5 Å². The second-order valence-corrected chi connectivity index (χ2v) is 6.14. The molecule has 0 saturated carbocycles. The molecule has 1 aliphatic heterocycles. The average Bonchev–Trinajstić information content (AvgIpc) is 3.13. The maximum atomic E-state index is 10.0. The minimum atomic E-state index is -0.539. The number of nitrogens with zero attached hydrogens (tertiary/aromatic N) is 3. The van der Waals surface area contributed by atoms with E-state index in [0.717, 1.165) is 11.1 Å². The number of aromatic amines is 1. The summed E-state index contributed by atoms with van der Waals surface area (Å²) in [4.78, 5) is 4.15. The van der Waals surface area contributed by atoms with E-state index < -0.39 is 5.92 Å². The van der Waals surface area contributed by atoms with Gasteiger partial charge in [0.1, 0.15) is 11.6 Å². The van der Waals surface area contributed by atoms with E-state index in [1.54, 1.807) is 24.5 Å². The third kappa shape index (κ3) is 2.79. The third-order valence-corrected chi connectivity index (χ3v) is 4.51. The number of aromatic nitrogens is 3. The summed E-state index contributed by atoms with van der Waals surface area (Å²) in [5.41, 5.74) is 9.12. The Morgan fingerprint density at radius 1 is 1.39 bits per heavy atom. The Balaban J connectivity index is 1.93. The highest BCUT2D eigenvalue weighted by atomic mass is 16.5. The first-order chi connectivity index (χ1) is 13.6. The van der Waals surface area contributed by atoms with Gasteiger partial charge in [-0.25, -0.2) is 0 Å². The molecule has 0 spiro atoms. The number of nitriles is 1. The van der Waals surface area contributed by atoms with Gasteiger partial charge in [-0.2, -0.15) is 5.26 Å².